The summed E-state index contributed by atoms with van der Waals surface area (Å²) in [4.78, 5) is 11.8. The molecule has 0 aromatic heterocycles. The molecule has 0 N–H and O–H groups in total. The lowest BCUT2D eigenvalue weighted by atomic mass is 9.97. The van der Waals surface area contributed by atoms with Crippen LogP contribution in [0.1, 0.15) is 46.6 Å². The molecule has 1 aromatic rings. The van der Waals surface area contributed by atoms with E-state index in [2.05, 4.69) is 0 Å². The van der Waals surface area contributed by atoms with Crippen LogP contribution in [0.3, 0.4) is 0 Å². The predicted molar refractivity (Wildman–Crippen MR) is 111 cm³/mol. The van der Waals surface area contributed by atoms with Crippen LogP contribution < -0.4 is 4.74 Å². The summed E-state index contributed by atoms with van der Waals surface area (Å²) in [6.45, 7) is 10.5. The summed E-state index contributed by atoms with van der Waals surface area (Å²) in [5.74, 6) is -0.0192. The summed E-state index contributed by atoms with van der Waals surface area (Å²) in [5, 5.41) is 0. The van der Waals surface area contributed by atoms with Crippen LogP contribution in [0.2, 0.25) is 0 Å². The fraction of sp³-hybridized carbons (Fsp3) is 0.609. The minimum atomic E-state index is -0.613. The number of hydrogen-bond acceptors (Lipinski definition) is 6. The quantitative estimate of drug-likeness (QED) is 0.451. The van der Waals surface area contributed by atoms with Crippen LogP contribution in [0.4, 0.5) is 0 Å². The van der Waals surface area contributed by atoms with E-state index in [-0.39, 0.29) is 24.8 Å². The molecule has 1 aliphatic heterocycles. The summed E-state index contributed by atoms with van der Waals surface area (Å²) >= 11 is 0. The smallest absolute Gasteiger partial charge is 0.311 e. The van der Waals surface area contributed by atoms with Gasteiger partial charge >= 0.3 is 5.97 Å². The largest absolute Gasteiger partial charge is 0.497 e. The van der Waals surface area contributed by atoms with Crippen molar-refractivity contribution in [2.45, 2.75) is 65.6 Å². The first-order chi connectivity index (χ1) is 13.6. The number of carbonyl (C=O) groups excluding carboxylic acids is 1. The summed E-state index contributed by atoms with van der Waals surface area (Å²) in [6, 6.07) is 7.78. The van der Waals surface area contributed by atoms with Crippen molar-refractivity contribution >= 4 is 5.97 Å². The molecule has 1 aromatic carbocycles. The van der Waals surface area contributed by atoms with Crippen molar-refractivity contribution in [1.29, 1.82) is 0 Å². The average Bonchev–Trinajstić information content (AvgIpc) is 3.03. The molecule has 1 aliphatic rings. The maximum absolute atomic E-state index is 11.8. The molecule has 0 amide bonds. The van der Waals surface area contributed by atoms with Gasteiger partial charge in [-0.05, 0) is 58.7 Å². The first-order valence-electron chi connectivity index (χ1n) is 9.99. The highest BCUT2D eigenvalue weighted by atomic mass is 16.7. The third kappa shape index (κ3) is 7.80. The summed E-state index contributed by atoms with van der Waals surface area (Å²) < 4.78 is 28.3. The highest BCUT2D eigenvalue weighted by molar-refractivity contribution is 5.75. The van der Waals surface area contributed by atoms with Crippen molar-refractivity contribution < 1.29 is 28.5 Å². The standard InChI is InChI=1S/C23H34O6/c1-22(2,3)21(24)26-14-8-7-9-19(20-16-28-23(4,5)29-20)27-15-17-10-12-18(25-6)13-11-17/h7-8,10-13,19-20H,9,14-16H2,1-6H3. The lowest BCUT2D eigenvalue weighted by molar-refractivity contribution is -0.157. The predicted octanol–water partition coefficient (Wildman–Crippen LogP) is 4.27. The maximum atomic E-state index is 11.8. The minimum absolute atomic E-state index is 0.162. The Morgan fingerprint density at radius 2 is 1.93 bits per heavy atom. The number of esters is 1. The van der Waals surface area contributed by atoms with E-state index in [1.807, 2.05) is 71.0 Å². The fourth-order valence-electron chi connectivity index (χ4n) is 2.79. The average molecular weight is 407 g/mol. The zero-order valence-corrected chi connectivity index (χ0v) is 18.4. The molecule has 6 heteroatoms. The Balaban J connectivity index is 1.90. The van der Waals surface area contributed by atoms with Crippen LogP contribution in [-0.2, 0) is 30.3 Å². The van der Waals surface area contributed by atoms with Crippen molar-refractivity contribution in [2.24, 2.45) is 5.41 Å². The van der Waals surface area contributed by atoms with E-state index >= 15 is 0 Å². The second kappa shape index (κ2) is 10.2. The monoisotopic (exact) mass is 406 g/mol. The number of rotatable bonds is 9. The van der Waals surface area contributed by atoms with Gasteiger partial charge in [-0.2, -0.15) is 0 Å². The van der Waals surface area contributed by atoms with E-state index < -0.39 is 11.2 Å². The van der Waals surface area contributed by atoms with Crippen molar-refractivity contribution in [3.8, 4) is 5.75 Å². The number of ether oxygens (including phenoxy) is 5. The van der Waals surface area contributed by atoms with Crippen LogP contribution >= 0.6 is 0 Å². The fourth-order valence-corrected chi connectivity index (χ4v) is 2.79. The van der Waals surface area contributed by atoms with Crippen LogP contribution in [0.25, 0.3) is 0 Å². The van der Waals surface area contributed by atoms with Crippen LogP contribution in [0.5, 0.6) is 5.75 Å². The Bertz CT molecular complexity index is 672. The lowest BCUT2D eigenvalue weighted by Gasteiger charge is -2.24. The van der Waals surface area contributed by atoms with Gasteiger partial charge in [0.2, 0.25) is 0 Å². The Hall–Kier alpha value is -1.89. The molecule has 1 saturated heterocycles. The maximum Gasteiger partial charge on any atom is 0.311 e. The molecule has 162 valence electrons. The zero-order chi connectivity index (χ0) is 21.5. The number of hydrogen-bond donors (Lipinski definition) is 0. The van der Waals surface area contributed by atoms with Crippen LogP contribution in [0, 0.1) is 5.41 Å². The van der Waals surface area contributed by atoms with Gasteiger partial charge in [0.25, 0.3) is 0 Å². The molecule has 0 saturated carbocycles. The lowest BCUT2D eigenvalue weighted by Crippen LogP contribution is -2.32. The molecule has 1 heterocycles. The van der Waals surface area contributed by atoms with E-state index in [0.29, 0.717) is 19.6 Å². The van der Waals surface area contributed by atoms with E-state index in [1.165, 1.54) is 0 Å². The molecular weight excluding hydrogens is 372 g/mol. The first kappa shape index (κ1) is 23.4. The van der Waals surface area contributed by atoms with E-state index in [4.69, 9.17) is 23.7 Å². The van der Waals surface area contributed by atoms with Gasteiger partial charge in [0.1, 0.15) is 18.5 Å². The van der Waals surface area contributed by atoms with Crippen LogP contribution in [-0.4, -0.2) is 44.3 Å². The van der Waals surface area contributed by atoms with Gasteiger partial charge in [-0.25, -0.2) is 0 Å². The van der Waals surface area contributed by atoms with Crippen molar-refractivity contribution in [1.82, 2.24) is 0 Å². The second-order valence-corrected chi connectivity index (χ2v) is 8.62. The molecule has 0 radical (unpaired) electrons. The SMILES string of the molecule is COc1ccc(COC(CC=CCOC(=O)C(C)(C)C)C2COC(C)(C)O2)cc1. The van der Waals surface area contributed by atoms with Gasteiger partial charge in [-0.15, -0.1) is 0 Å². The van der Waals surface area contributed by atoms with Gasteiger partial charge in [0, 0.05) is 0 Å². The van der Waals surface area contributed by atoms with Crippen molar-refractivity contribution in [2.75, 3.05) is 20.3 Å². The van der Waals surface area contributed by atoms with E-state index in [0.717, 1.165) is 11.3 Å². The normalized spacial score (nSPS) is 20.0. The zero-order valence-electron chi connectivity index (χ0n) is 18.4. The summed E-state index contributed by atoms with van der Waals surface area (Å²) in [5.41, 5.74) is 0.551. The second-order valence-electron chi connectivity index (χ2n) is 8.62. The highest BCUT2D eigenvalue weighted by Gasteiger charge is 2.37. The van der Waals surface area contributed by atoms with Gasteiger partial charge in [0.15, 0.2) is 5.79 Å². The van der Waals surface area contributed by atoms with E-state index in [1.54, 1.807) is 7.11 Å². The Labute approximate surface area is 174 Å². The molecule has 2 unspecified atom stereocenters. The molecule has 0 bridgehead atoms. The summed E-state index contributed by atoms with van der Waals surface area (Å²) in [7, 11) is 1.64. The Morgan fingerprint density at radius 3 is 2.48 bits per heavy atom. The Morgan fingerprint density at radius 1 is 1.24 bits per heavy atom. The number of methoxy groups -OCH3 is 1. The molecule has 0 spiro atoms. The van der Waals surface area contributed by atoms with Gasteiger partial charge in [-0.3, -0.25) is 4.79 Å². The summed E-state index contributed by atoms with van der Waals surface area (Å²) in [6.07, 6.45) is 4.10. The van der Waals surface area contributed by atoms with Gasteiger partial charge < -0.3 is 23.7 Å². The third-order valence-electron chi connectivity index (χ3n) is 4.53. The Kier molecular flexibility index (Phi) is 8.25. The topological polar surface area (TPSA) is 63.2 Å². The van der Waals surface area contributed by atoms with Crippen molar-refractivity contribution in [3.05, 3.63) is 42.0 Å². The third-order valence-corrected chi connectivity index (χ3v) is 4.53. The molecule has 0 aliphatic carbocycles. The number of benzene rings is 1. The molecular formula is C23H34O6. The first-order valence-corrected chi connectivity index (χ1v) is 9.99. The molecule has 2 atom stereocenters. The minimum Gasteiger partial charge on any atom is -0.497 e. The van der Waals surface area contributed by atoms with Crippen molar-refractivity contribution in [3.63, 3.8) is 0 Å². The molecule has 6 nitrogen and oxygen atoms in total. The van der Waals surface area contributed by atoms with Gasteiger partial charge in [-0.1, -0.05) is 24.3 Å². The number of carbonyl (C=O) groups is 1. The van der Waals surface area contributed by atoms with E-state index in [9.17, 15) is 4.79 Å². The van der Waals surface area contributed by atoms with Gasteiger partial charge in [0.05, 0.1) is 31.8 Å². The highest BCUT2D eigenvalue weighted by Crippen LogP contribution is 2.27. The van der Waals surface area contributed by atoms with Crippen LogP contribution in [0.15, 0.2) is 36.4 Å². The molecule has 2 rings (SSSR count). The molecule has 29 heavy (non-hydrogen) atoms. The molecule has 1 fully saturated rings.